The van der Waals surface area contributed by atoms with Crippen molar-refractivity contribution in [3.05, 3.63) is 22.1 Å². The summed E-state index contributed by atoms with van der Waals surface area (Å²) in [5, 5.41) is 9.61. The Kier molecular flexibility index (Phi) is 3.70. The molecule has 16 heavy (non-hydrogen) atoms. The Morgan fingerprint density at radius 2 is 2.19 bits per heavy atom. The summed E-state index contributed by atoms with van der Waals surface area (Å²) in [5.74, 6) is 0. The van der Waals surface area contributed by atoms with Crippen LogP contribution in [0.3, 0.4) is 0 Å². The van der Waals surface area contributed by atoms with Crippen LogP contribution in [0.4, 0.5) is 0 Å². The third-order valence-corrected chi connectivity index (χ3v) is 2.23. The highest BCUT2D eigenvalue weighted by Crippen LogP contribution is 2.11. The molecule has 0 saturated carbocycles. The number of aromatic nitrogens is 2. The van der Waals surface area contributed by atoms with Gasteiger partial charge in [-0.15, -0.1) is 0 Å². The van der Waals surface area contributed by atoms with Crippen molar-refractivity contribution >= 4 is 0 Å². The second-order valence-electron chi connectivity index (χ2n) is 4.44. The molecule has 0 atom stereocenters. The minimum atomic E-state index is -0.810. The highest BCUT2D eigenvalue weighted by atomic mass is 16.5. The predicted octanol–water partition coefficient (Wildman–Crippen LogP) is 0.721. The number of ether oxygens (including phenoxy) is 1. The lowest BCUT2D eigenvalue weighted by Crippen LogP contribution is -2.28. The van der Waals surface area contributed by atoms with Gasteiger partial charge in [0.1, 0.15) is 0 Å². The standard InChI is InChI=1S/C11H18N2O3/c1-8-7-9(14)13(10(12-8)16-4)6-5-11(2,3)15/h7,15H,5-6H2,1-4H3. The van der Waals surface area contributed by atoms with Gasteiger partial charge in [0.2, 0.25) is 0 Å². The smallest absolute Gasteiger partial charge is 0.299 e. The molecule has 0 spiro atoms. The van der Waals surface area contributed by atoms with E-state index in [1.807, 2.05) is 0 Å². The van der Waals surface area contributed by atoms with E-state index in [9.17, 15) is 9.90 Å². The van der Waals surface area contributed by atoms with Crippen molar-refractivity contribution in [2.45, 2.75) is 39.3 Å². The third kappa shape index (κ3) is 3.34. The Balaban J connectivity index is 2.99. The van der Waals surface area contributed by atoms with Gasteiger partial charge in [-0.05, 0) is 27.2 Å². The Bertz CT molecular complexity index is 418. The maximum Gasteiger partial charge on any atom is 0.299 e. The summed E-state index contributed by atoms with van der Waals surface area (Å²) < 4.78 is 6.46. The van der Waals surface area contributed by atoms with Gasteiger partial charge in [0, 0.05) is 18.3 Å². The number of hydrogen-bond acceptors (Lipinski definition) is 4. The largest absolute Gasteiger partial charge is 0.468 e. The fraction of sp³-hybridized carbons (Fsp3) is 0.636. The number of aryl methyl sites for hydroxylation is 1. The summed E-state index contributed by atoms with van der Waals surface area (Å²) in [6.45, 7) is 5.53. The van der Waals surface area contributed by atoms with Crippen LogP contribution < -0.4 is 10.3 Å². The first-order valence-electron chi connectivity index (χ1n) is 5.18. The monoisotopic (exact) mass is 226 g/mol. The van der Waals surface area contributed by atoms with Gasteiger partial charge in [0.25, 0.3) is 11.6 Å². The van der Waals surface area contributed by atoms with Crippen LogP contribution in [0.1, 0.15) is 26.0 Å². The van der Waals surface area contributed by atoms with Crippen molar-refractivity contribution in [3.8, 4) is 6.01 Å². The van der Waals surface area contributed by atoms with Crippen LogP contribution in [0.15, 0.2) is 10.9 Å². The normalized spacial score (nSPS) is 11.6. The zero-order valence-electron chi connectivity index (χ0n) is 10.1. The van der Waals surface area contributed by atoms with Crippen LogP contribution in [0, 0.1) is 6.92 Å². The van der Waals surface area contributed by atoms with Crippen molar-refractivity contribution < 1.29 is 9.84 Å². The predicted molar refractivity (Wildman–Crippen MR) is 60.7 cm³/mol. The Labute approximate surface area is 94.7 Å². The molecule has 0 fully saturated rings. The molecular formula is C11H18N2O3. The Morgan fingerprint density at radius 3 is 2.69 bits per heavy atom. The fourth-order valence-electron chi connectivity index (χ4n) is 1.34. The lowest BCUT2D eigenvalue weighted by molar-refractivity contribution is 0.0650. The topological polar surface area (TPSA) is 64.3 Å². The SMILES string of the molecule is COc1nc(C)cc(=O)n1CCC(C)(C)O. The van der Waals surface area contributed by atoms with Crippen LogP contribution in [0.25, 0.3) is 0 Å². The second-order valence-corrected chi connectivity index (χ2v) is 4.44. The lowest BCUT2D eigenvalue weighted by atomic mass is 10.1. The summed E-state index contributed by atoms with van der Waals surface area (Å²) in [4.78, 5) is 15.8. The average Bonchev–Trinajstić information content (AvgIpc) is 2.13. The maximum atomic E-state index is 11.7. The molecule has 1 aromatic rings. The summed E-state index contributed by atoms with van der Waals surface area (Å²) in [6.07, 6.45) is 0.466. The number of rotatable bonds is 4. The van der Waals surface area contributed by atoms with E-state index in [0.29, 0.717) is 18.7 Å². The zero-order chi connectivity index (χ0) is 12.3. The van der Waals surface area contributed by atoms with Gasteiger partial charge < -0.3 is 9.84 Å². The summed E-state index contributed by atoms with van der Waals surface area (Å²) in [6, 6.07) is 1.74. The number of aliphatic hydroxyl groups is 1. The van der Waals surface area contributed by atoms with Gasteiger partial charge in [-0.3, -0.25) is 9.36 Å². The molecule has 0 aliphatic carbocycles. The minimum absolute atomic E-state index is 0.159. The van der Waals surface area contributed by atoms with Crippen molar-refractivity contribution in [2.24, 2.45) is 0 Å². The summed E-state index contributed by atoms with van der Waals surface area (Å²) >= 11 is 0. The number of methoxy groups -OCH3 is 1. The quantitative estimate of drug-likeness (QED) is 0.821. The minimum Gasteiger partial charge on any atom is -0.468 e. The van der Waals surface area contributed by atoms with Crippen molar-refractivity contribution in [1.82, 2.24) is 9.55 Å². The molecule has 1 rings (SSSR count). The lowest BCUT2D eigenvalue weighted by Gasteiger charge is -2.18. The fourth-order valence-corrected chi connectivity index (χ4v) is 1.34. The molecular weight excluding hydrogens is 208 g/mol. The third-order valence-electron chi connectivity index (χ3n) is 2.23. The first kappa shape index (κ1) is 12.7. The molecule has 0 aliphatic rings. The molecule has 0 amide bonds. The number of hydrogen-bond donors (Lipinski definition) is 1. The average molecular weight is 226 g/mol. The first-order valence-corrected chi connectivity index (χ1v) is 5.18. The van der Waals surface area contributed by atoms with E-state index in [2.05, 4.69) is 4.98 Å². The highest BCUT2D eigenvalue weighted by molar-refractivity contribution is 5.06. The van der Waals surface area contributed by atoms with E-state index in [-0.39, 0.29) is 11.6 Å². The molecule has 0 radical (unpaired) electrons. The van der Waals surface area contributed by atoms with Gasteiger partial charge in [-0.2, -0.15) is 0 Å². The van der Waals surface area contributed by atoms with Crippen LogP contribution in [0.5, 0.6) is 6.01 Å². The van der Waals surface area contributed by atoms with E-state index in [1.165, 1.54) is 17.7 Å². The van der Waals surface area contributed by atoms with Gasteiger partial charge in [0.15, 0.2) is 0 Å². The molecule has 1 aromatic heterocycles. The van der Waals surface area contributed by atoms with Gasteiger partial charge in [0.05, 0.1) is 12.7 Å². The van der Waals surface area contributed by atoms with Crippen molar-refractivity contribution in [2.75, 3.05) is 7.11 Å². The van der Waals surface area contributed by atoms with Gasteiger partial charge >= 0.3 is 0 Å². The van der Waals surface area contributed by atoms with Gasteiger partial charge in [-0.1, -0.05) is 0 Å². The molecule has 0 aromatic carbocycles. The van der Waals surface area contributed by atoms with E-state index in [4.69, 9.17) is 4.74 Å². The molecule has 5 heteroatoms. The van der Waals surface area contributed by atoms with E-state index in [0.717, 1.165) is 0 Å². The molecule has 1 heterocycles. The molecule has 0 bridgehead atoms. The number of nitrogens with zero attached hydrogens (tertiary/aromatic N) is 2. The molecule has 0 aliphatic heterocycles. The molecule has 5 nitrogen and oxygen atoms in total. The van der Waals surface area contributed by atoms with Crippen LogP contribution in [-0.4, -0.2) is 27.4 Å². The van der Waals surface area contributed by atoms with Crippen LogP contribution in [-0.2, 0) is 6.54 Å². The molecule has 1 N–H and O–H groups in total. The Hall–Kier alpha value is -1.36. The summed E-state index contributed by atoms with van der Waals surface area (Å²) in [5.41, 5.74) is -0.343. The maximum absolute atomic E-state index is 11.7. The summed E-state index contributed by atoms with van der Waals surface area (Å²) in [7, 11) is 1.47. The highest BCUT2D eigenvalue weighted by Gasteiger charge is 2.15. The van der Waals surface area contributed by atoms with Gasteiger partial charge in [-0.25, -0.2) is 4.98 Å². The second kappa shape index (κ2) is 4.65. The molecule has 0 saturated heterocycles. The van der Waals surface area contributed by atoms with E-state index in [1.54, 1.807) is 20.8 Å². The van der Waals surface area contributed by atoms with E-state index >= 15 is 0 Å². The van der Waals surface area contributed by atoms with Crippen LogP contribution >= 0.6 is 0 Å². The van der Waals surface area contributed by atoms with Crippen molar-refractivity contribution in [3.63, 3.8) is 0 Å². The Morgan fingerprint density at radius 1 is 1.56 bits per heavy atom. The van der Waals surface area contributed by atoms with Crippen LogP contribution in [0.2, 0.25) is 0 Å². The first-order chi connectivity index (χ1) is 7.33. The molecule has 90 valence electrons. The van der Waals surface area contributed by atoms with E-state index < -0.39 is 5.60 Å². The van der Waals surface area contributed by atoms with Crippen molar-refractivity contribution in [1.29, 1.82) is 0 Å². The zero-order valence-corrected chi connectivity index (χ0v) is 10.1. The molecule has 0 unspecified atom stereocenters.